The number of nitrogens with zero attached hydrogens (tertiary/aromatic N) is 2. The Labute approximate surface area is 76.0 Å². The number of carbonyl (C=O) groups excluding carboxylic acids is 1. The number of carbonyl (C=O) groups is 1. The summed E-state index contributed by atoms with van der Waals surface area (Å²) in [7, 11) is 0. The summed E-state index contributed by atoms with van der Waals surface area (Å²) in [5, 5.41) is 8.77. The minimum atomic E-state index is -1.61. The van der Waals surface area contributed by atoms with Gasteiger partial charge in [-0.3, -0.25) is 9.78 Å². The van der Waals surface area contributed by atoms with Crippen LogP contribution in [0.2, 0.25) is 0 Å². The lowest BCUT2D eigenvalue weighted by molar-refractivity contribution is -0.120. The van der Waals surface area contributed by atoms with E-state index < -0.39 is 11.3 Å². The maximum absolute atomic E-state index is 11.1. The molecule has 0 fully saturated rings. The normalized spacial score (nSPS) is 14.2. The summed E-state index contributed by atoms with van der Waals surface area (Å²) >= 11 is 0. The Kier molecular flexibility index (Phi) is 2.40. The molecule has 0 aliphatic heterocycles. The van der Waals surface area contributed by atoms with Gasteiger partial charge in [-0.1, -0.05) is 6.07 Å². The van der Waals surface area contributed by atoms with E-state index in [0.717, 1.165) is 0 Å². The zero-order chi connectivity index (χ0) is 9.90. The van der Waals surface area contributed by atoms with Crippen molar-refractivity contribution in [3.63, 3.8) is 0 Å². The lowest BCUT2D eigenvalue weighted by atomic mass is 9.93. The first-order valence-electron chi connectivity index (χ1n) is 3.74. The molecule has 0 aliphatic carbocycles. The van der Waals surface area contributed by atoms with Gasteiger partial charge in [0.1, 0.15) is 0 Å². The van der Waals surface area contributed by atoms with Crippen LogP contribution in [0.15, 0.2) is 24.4 Å². The van der Waals surface area contributed by atoms with Crippen LogP contribution in [0.4, 0.5) is 0 Å². The second kappa shape index (κ2) is 3.33. The predicted molar refractivity (Wildman–Crippen MR) is 46.4 cm³/mol. The summed E-state index contributed by atoms with van der Waals surface area (Å²) in [5.41, 5.74) is 4.26. The molecule has 0 aliphatic rings. The van der Waals surface area contributed by atoms with Gasteiger partial charge in [0.05, 0.1) is 11.8 Å². The summed E-state index contributed by atoms with van der Waals surface area (Å²) in [6, 6.07) is 6.70. The Morgan fingerprint density at radius 1 is 1.69 bits per heavy atom. The van der Waals surface area contributed by atoms with Gasteiger partial charge in [0, 0.05) is 6.20 Å². The van der Waals surface area contributed by atoms with Gasteiger partial charge in [0.2, 0.25) is 5.54 Å². The summed E-state index contributed by atoms with van der Waals surface area (Å²) in [6.45, 7) is 1.28. The maximum atomic E-state index is 11.1. The highest BCUT2D eigenvalue weighted by Gasteiger charge is 2.33. The molecule has 1 rings (SSSR count). The molecule has 1 aromatic rings. The second-order valence-corrected chi connectivity index (χ2v) is 2.69. The van der Waals surface area contributed by atoms with Gasteiger partial charge in [0.25, 0.3) is 0 Å². The number of hydrogen-bond donors (Lipinski definition) is 1. The first-order chi connectivity index (χ1) is 6.11. The fourth-order valence-corrected chi connectivity index (χ4v) is 0.912. The fourth-order valence-electron chi connectivity index (χ4n) is 0.912. The number of ketones is 1. The van der Waals surface area contributed by atoms with Crippen molar-refractivity contribution < 1.29 is 4.79 Å². The van der Waals surface area contributed by atoms with Crippen LogP contribution < -0.4 is 5.73 Å². The van der Waals surface area contributed by atoms with Crippen molar-refractivity contribution in [1.82, 2.24) is 4.98 Å². The van der Waals surface area contributed by atoms with E-state index in [1.807, 2.05) is 0 Å². The molecule has 0 radical (unpaired) electrons. The molecule has 1 atom stereocenters. The molecule has 0 amide bonds. The van der Waals surface area contributed by atoms with Gasteiger partial charge < -0.3 is 5.73 Å². The van der Waals surface area contributed by atoms with Crippen molar-refractivity contribution in [2.24, 2.45) is 5.73 Å². The van der Waals surface area contributed by atoms with E-state index in [1.54, 1.807) is 24.3 Å². The van der Waals surface area contributed by atoms with Crippen LogP contribution in [0.1, 0.15) is 12.6 Å². The molecule has 4 nitrogen and oxygen atoms in total. The average Bonchev–Trinajstić information content (AvgIpc) is 2.17. The number of nitrogens with two attached hydrogens (primary N) is 1. The van der Waals surface area contributed by atoms with E-state index >= 15 is 0 Å². The van der Waals surface area contributed by atoms with E-state index in [0.29, 0.717) is 0 Å². The molecule has 1 heterocycles. The Hall–Kier alpha value is -1.73. The Morgan fingerprint density at radius 2 is 2.38 bits per heavy atom. The molecule has 1 aromatic heterocycles. The van der Waals surface area contributed by atoms with Crippen LogP contribution in [-0.2, 0) is 10.3 Å². The molecule has 2 N–H and O–H groups in total. The quantitative estimate of drug-likeness (QED) is 0.703. The van der Waals surface area contributed by atoms with E-state index in [2.05, 4.69) is 4.98 Å². The zero-order valence-electron chi connectivity index (χ0n) is 7.19. The number of Topliss-reactive ketones (excluding diaryl/α,β-unsaturated/α-hetero) is 1. The van der Waals surface area contributed by atoms with Gasteiger partial charge in [0.15, 0.2) is 5.78 Å². The van der Waals surface area contributed by atoms with E-state index in [1.165, 1.54) is 13.1 Å². The summed E-state index contributed by atoms with van der Waals surface area (Å²) < 4.78 is 0. The van der Waals surface area contributed by atoms with Crippen molar-refractivity contribution in [2.45, 2.75) is 12.5 Å². The van der Waals surface area contributed by atoms with Gasteiger partial charge in [-0.05, 0) is 19.1 Å². The third-order valence-corrected chi connectivity index (χ3v) is 1.80. The molecule has 4 heteroatoms. The highest BCUT2D eigenvalue weighted by Crippen LogP contribution is 2.15. The lowest BCUT2D eigenvalue weighted by Gasteiger charge is -2.16. The zero-order valence-corrected chi connectivity index (χ0v) is 7.19. The number of pyridine rings is 1. The minimum absolute atomic E-state index is 0.282. The van der Waals surface area contributed by atoms with Crippen LogP contribution >= 0.6 is 0 Å². The molecule has 0 bridgehead atoms. The number of nitriles is 1. The average molecular weight is 175 g/mol. The number of rotatable bonds is 2. The van der Waals surface area contributed by atoms with Crippen LogP contribution in [0, 0.1) is 11.3 Å². The molecule has 1 unspecified atom stereocenters. The molecule has 0 saturated heterocycles. The largest absolute Gasteiger partial charge is 0.302 e. The molecule has 13 heavy (non-hydrogen) atoms. The molecule has 0 aromatic carbocycles. The van der Waals surface area contributed by atoms with E-state index in [9.17, 15) is 4.79 Å². The topological polar surface area (TPSA) is 79.8 Å². The monoisotopic (exact) mass is 175 g/mol. The third-order valence-electron chi connectivity index (χ3n) is 1.80. The van der Waals surface area contributed by atoms with E-state index in [4.69, 9.17) is 11.0 Å². The summed E-state index contributed by atoms with van der Waals surface area (Å²) in [6.07, 6.45) is 1.50. The Balaban J connectivity index is 3.21. The SMILES string of the molecule is CC(=O)C(N)(C#N)c1ccccn1. The fraction of sp³-hybridized carbons (Fsp3) is 0.222. The van der Waals surface area contributed by atoms with Crippen molar-refractivity contribution in [1.29, 1.82) is 5.26 Å². The first kappa shape index (κ1) is 9.36. The molecule has 66 valence electrons. The summed E-state index contributed by atoms with van der Waals surface area (Å²) in [5.74, 6) is -0.409. The third kappa shape index (κ3) is 1.55. The molecular weight excluding hydrogens is 166 g/mol. The Bertz CT molecular complexity index is 355. The lowest BCUT2D eigenvalue weighted by Crippen LogP contribution is -2.42. The van der Waals surface area contributed by atoms with Crippen LogP contribution in [-0.4, -0.2) is 10.8 Å². The second-order valence-electron chi connectivity index (χ2n) is 2.69. The van der Waals surface area contributed by atoms with Crippen LogP contribution in [0.25, 0.3) is 0 Å². The van der Waals surface area contributed by atoms with Crippen LogP contribution in [0.5, 0.6) is 0 Å². The van der Waals surface area contributed by atoms with Gasteiger partial charge >= 0.3 is 0 Å². The van der Waals surface area contributed by atoms with Gasteiger partial charge in [-0.2, -0.15) is 5.26 Å². The molecular formula is C9H9N3O. The van der Waals surface area contributed by atoms with Crippen molar-refractivity contribution in [3.05, 3.63) is 30.1 Å². The van der Waals surface area contributed by atoms with Crippen molar-refractivity contribution >= 4 is 5.78 Å². The first-order valence-corrected chi connectivity index (χ1v) is 3.74. The van der Waals surface area contributed by atoms with E-state index in [-0.39, 0.29) is 5.69 Å². The van der Waals surface area contributed by atoms with Gasteiger partial charge in [-0.25, -0.2) is 0 Å². The Morgan fingerprint density at radius 3 is 2.77 bits per heavy atom. The van der Waals surface area contributed by atoms with Crippen molar-refractivity contribution in [3.8, 4) is 6.07 Å². The predicted octanol–water partition coefficient (Wildman–Crippen LogP) is 0.348. The highest BCUT2D eigenvalue weighted by molar-refractivity contribution is 5.89. The maximum Gasteiger partial charge on any atom is 0.205 e. The summed E-state index contributed by atoms with van der Waals surface area (Å²) in [4.78, 5) is 15.0. The van der Waals surface area contributed by atoms with Gasteiger partial charge in [-0.15, -0.1) is 0 Å². The highest BCUT2D eigenvalue weighted by atomic mass is 16.1. The number of hydrogen-bond acceptors (Lipinski definition) is 4. The number of aromatic nitrogens is 1. The smallest absolute Gasteiger partial charge is 0.205 e. The molecule has 0 spiro atoms. The van der Waals surface area contributed by atoms with Crippen LogP contribution in [0.3, 0.4) is 0 Å². The minimum Gasteiger partial charge on any atom is -0.302 e. The standard InChI is InChI=1S/C9H9N3O/c1-7(13)9(11,6-10)8-4-2-3-5-12-8/h2-5H,11H2,1H3. The molecule has 0 saturated carbocycles. The van der Waals surface area contributed by atoms with Crippen molar-refractivity contribution in [2.75, 3.05) is 0 Å².